The van der Waals surface area contributed by atoms with Gasteiger partial charge in [0.15, 0.2) is 0 Å². The van der Waals surface area contributed by atoms with Crippen molar-refractivity contribution >= 4 is 77.2 Å². The van der Waals surface area contributed by atoms with Gasteiger partial charge in [0.25, 0.3) is 0 Å². The molecule has 18 rings (SSSR count). The summed E-state index contributed by atoms with van der Waals surface area (Å²) in [6.07, 6.45) is 0. The first-order valence-electron chi connectivity index (χ1n) is 34.0. The van der Waals surface area contributed by atoms with Crippen LogP contribution in [0.5, 0.6) is 0 Å². The van der Waals surface area contributed by atoms with Crippen LogP contribution >= 0.6 is 0 Å². The lowest BCUT2D eigenvalue weighted by Crippen LogP contribution is -2.16. The number of hydrogen-bond donors (Lipinski definition) is 0. The highest BCUT2D eigenvalue weighted by atomic mass is 19.1. The van der Waals surface area contributed by atoms with E-state index in [0.29, 0.717) is 5.56 Å². The summed E-state index contributed by atoms with van der Waals surface area (Å²) in [5, 5.41) is 19.4. The Morgan fingerprint density at radius 3 is 0.929 bits per heavy atom. The molecule has 16 aromatic rings. The summed E-state index contributed by atoms with van der Waals surface area (Å²) in [5.41, 5.74) is 26.7. The predicted molar refractivity (Wildman–Crippen MR) is 414 cm³/mol. The molecule has 0 unspecified atom stereocenters. The van der Waals surface area contributed by atoms with Crippen LogP contribution in [0, 0.1) is 17.1 Å². The summed E-state index contributed by atoms with van der Waals surface area (Å²) in [6, 6.07) is 123. The maximum Gasteiger partial charge on any atom is 0.123 e. The van der Waals surface area contributed by atoms with Crippen molar-refractivity contribution in [1.29, 1.82) is 5.26 Å². The summed E-state index contributed by atoms with van der Waals surface area (Å²) >= 11 is 0. The van der Waals surface area contributed by atoms with Crippen LogP contribution in [-0.4, -0.2) is 0 Å². The molecule has 470 valence electrons. The lowest BCUT2D eigenvalue weighted by molar-refractivity contribution is 0.628. The normalized spacial score (nSPS) is 12.8. The molecule has 0 amide bonds. The molecule has 0 heterocycles. The van der Waals surface area contributed by atoms with E-state index in [2.05, 4.69) is 335 Å². The van der Waals surface area contributed by atoms with E-state index in [1.165, 1.54) is 122 Å². The second-order valence-electron chi connectivity index (χ2n) is 27.2. The molecule has 0 spiro atoms. The zero-order valence-electron chi connectivity index (χ0n) is 55.6. The molecule has 0 saturated carbocycles. The Hall–Kier alpha value is -12.4. The Balaban J connectivity index is 0.000000148. The van der Waals surface area contributed by atoms with Crippen LogP contribution in [0.2, 0.25) is 0 Å². The first kappa shape index (κ1) is 60.3. The monoisotopic (exact) mass is 1270 g/mol. The van der Waals surface area contributed by atoms with Crippen LogP contribution < -0.4 is 9.80 Å². The average Bonchev–Trinajstić information content (AvgIpc) is 1.72. The molecule has 0 radical (unpaired) electrons. The Labute approximate surface area is 577 Å². The third-order valence-electron chi connectivity index (χ3n) is 20.8. The van der Waals surface area contributed by atoms with Crippen molar-refractivity contribution in [3.63, 3.8) is 0 Å². The number of anilines is 6. The maximum atomic E-state index is 13.7. The fourth-order valence-electron chi connectivity index (χ4n) is 15.7. The predicted octanol–water partition coefficient (Wildman–Crippen LogP) is 26.2. The molecule has 3 nitrogen and oxygen atoms in total. The van der Waals surface area contributed by atoms with Crippen LogP contribution in [0.15, 0.2) is 340 Å². The summed E-state index contributed by atoms with van der Waals surface area (Å²) in [7, 11) is 0. The molecule has 4 heteroatoms. The van der Waals surface area contributed by atoms with E-state index in [1.807, 2.05) is 36.4 Å². The van der Waals surface area contributed by atoms with Gasteiger partial charge in [0.2, 0.25) is 0 Å². The minimum Gasteiger partial charge on any atom is -0.310 e. The molecule has 0 aromatic heterocycles. The Bertz CT molecular complexity index is 5840. The summed E-state index contributed by atoms with van der Waals surface area (Å²) in [4.78, 5) is 4.71. The van der Waals surface area contributed by atoms with Crippen LogP contribution in [0.3, 0.4) is 0 Å². The van der Waals surface area contributed by atoms with Gasteiger partial charge >= 0.3 is 0 Å². The molecule has 0 aliphatic heterocycles. The highest BCUT2D eigenvalue weighted by Crippen LogP contribution is 2.53. The average molecular weight is 1270 g/mol. The molecule has 0 N–H and O–H groups in total. The molecule has 0 atom stereocenters. The number of nitrogens with zero attached hydrogens (tertiary/aromatic N) is 3. The van der Waals surface area contributed by atoms with Crippen LogP contribution in [0.25, 0.3) is 110 Å². The van der Waals surface area contributed by atoms with Crippen molar-refractivity contribution in [3.8, 4) is 72.8 Å². The van der Waals surface area contributed by atoms with E-state index in [1.54, 1.807) is 0 Å². The maximum absolute atomic E-state index is 13.7. The topological polar surface area (TPSA) is 30.3 Å². The molecule has 99 heavy (non-hydrogen) atoms. The molecule has 0 bridgehead atoms. The van der Waals surface area contributed by atoms with Gasteiger partial charge in [0.05, 0.1) is 11.6 Å². The lowest BCUT2D eigenvalue weighted by Gasteiger charge is -2.28. The highest BCUT2D eigenvalue weighted by Gasteiger charge is 2.37. The fraction of sp³-hybridized carbons (Fsp3) is 0.0632. The number of rotatable bonds is 10. The smallest absolute Gasteiger partial charge is 0.123 e. The van der Waals surface area contributed by atoms with Crippen LogP contribution in [0.4, 0.5) is 38.5 Å². The highest BCUT2D eigenvalue weighted by molar-refractivity contribution is 6.15. The Morgan fingerprint density at radius 2 is 0.545 bits per heavy atom. The van der Waals surface area contributed by atoms with Gasteiger partial charge in [-0.25, -0.2) is 4.39 Å². The molecule has 0 saturated heterocycles. The van der Waals surface area contributed by atoms with Crippen molar-refractivity contribution in [3.05, 3.63) is 373 Å². The van der Waals surface area contributed by atoms with Crippen molar-refractivity contribution in [2.24, 2.45) is 0 Å². The van der Waals surface area contributed by atoms with Crippen LogP contribution in [-0.2, 0) is 10.8 Å². The van der Waals surface area contributed by atoms with Gasteiger partial charge in [-0.05, 0) is 241 Å². The van der Waals surface area contributed by atoms with Crippen molar-refractivity contribution < 1.29 is 4.39 Å². The minimum atomic E-state index is -0.228. The Kier molecular flexibility index (Phi) is 14.8. The SMILES string of the molecule is CC1(C)c2ccccc2-c2ccc(N(c3ccc(-c4ccc(C#N)cc4)cc3)c3ccc(-c4cc5ccccc5c5ccccc45)cc3)cc21.CC1(C)c2ccccc2-c2ccc(N(c3ccc(-c4ccc(F)cc4)cc3)c3ccc(-c4cc5ccccc5c5ccccc45)cc3)cc21. The van der Waals surface area contributed by atoms with E-state index < -0.39 is 0 Å². The number of hydrogen-bond acceptors (Lipinski definition) is 3. The van der Waals surface area contributed by atoms with Crippen molar-refractivity contribution in [2.45, 2.75) is 38.5 Å². The van der Waals surface area contributed by atoms with Gasteiger partial charge in [-0.2, -0.15) is 5.26 Å². The second-order valence-corrected chi connectivity index (χ2v) is 27.2. The largest absolute Gasteiger partial charge is 0.310 e. The Morgan fingerprint density at radius 1 is 0.253 bits per heavy atom. The van der Waals surface area contributed by atoms with Gasteiger partial charge in [-0.3, -0.25) is 0 Å². The summed E-state index contributed by atoms with van der Waals surface area (Å²) < 4.78 is 13.7. The van der Waals surface area contributed by atoms with E-state index in [0.717, 1.165) is 56.4 Å². The van der Waals surface area contributed by atoms with E-state index in [-0.39, 0.29) is 16.6 Å². The van der Waals surface area contributed by atoms with Crippen molar-refractivity contribution in [2.75, 3.05) is 9.80 Å². The van der Waals surface area contributed by atoms with Crippen LogP contribution in [0.1, 0.15) is 55.5 Å². The third-order valence-corrected chi connectivity index (χ3v) is 20.8. The number of nitriles is 1. The van der Waals surface area contributed by atoms with Gasteiger partial charge in [-0.1, -0.05) is 258 Å². The zero-order valence-corrected chi connectivity index (χ0v) is 55.6. The standard InChI is InChI=1S/C48H34N2.C47H34FN/c1-48(2)46-14-8-7-13-43(46)44-28-27-39(30-47(44)48)50(37-23-19-34(20-24-37)33-17-15-32(31-49)16-18-33)38-25-21-35(22-26-38)45-29-36-9-3-4-10-40(36)41-11-5-6-12-42(41)45;1-47(2)45-14-8-7-13-42(45)43-28-27-38(30-46(43)47)49(36-23-17-32(18-24-36)31-15-21-35(48)22-16-31)37-25-19-33(20-26-37)44-29-34-9-3-4-10-39(34)40-11-5-6-12-41(40)44/h3-30H,1-2H3;3-30H,1-2H3. The molecule has 2 aliphatic rings. The molecule has 16 aromatic carbocycles. The summed E-state index contributed by atoms with van der Waals surface area (Å²) in [6.45, 7) is 9.32. The first-order chi connectivity index (χ1) is 48.4. The molecular formula is C95H68FN3. The van der Waals surface area contributed by atoms with Gasteiger partial charge < -0.3 is 9.80 Å². The lowest BCUT2D eigenvalue weighted by atomic mass is 9.82. The quantitative estimate of drug-likeness (QED) is 0.128. The molecule has 2 aliphatic carbocycles. The number of halogens is 1. The first-order valence-corrected chi connectivity index (χ1v) is 34.0. The second kappa shape index (κ2) is 24.3. The minimum absolute atomic E-state index is 0.103. The van der Waals surface area contributed by atoms with E-state index in [9.17, 15) is 9.65 Å². The fourth-order valence-corrected chi connectivity index (χ4v) is 15.7. The molecule has 0 fully saturated rings. The zero-order chi connectivity index (χ0) is 66.9. The van der Waals surface area contributed by atoms with Gasteiger partial charge in [0.1, 0.15) is 5.82 Å². The van der Waals surface area contributed by atoms with Gasteiger partial charge in [-0.15, -0.1) is 0 Å². The van der Waals surface area contributed by atoms with E-state index in [4.69, 9.17) is 0 Å². The van der Waals surface area contributed by atoms with E-state index >= 15 is 0 Å². The van der Waals surface area contributed by atoms with Crippen molar-refractivity contribution in [1.82, 2.24) is 0 Å². The summed E-state index contributed by atoms with van der Waals surface area (Å²) in [5.74, 6) is -0.228. The number of fused-ring (bicyclic) bond motifs is 12. The third kappa shape index (κ3) is 10.6. The number of benzene rings is 16. The molecular weight excluding hydrogens is 1200 g/mol. The van der Waals surface area contributed by atoms with Gasteiger partial charge in [0, 0.05) is 45.0 Å².